The molecule has 12 heteroatoms. The van der Waals surface area contributed by atoms with Crippen molar-refractivity contribution in [3.05, 3.63) is 0 Å². The number of phosphoric acid groups is 2. The van der Waals surface area contributed by atoms with E-state index < -0.39 is 15.6 Å². The fourth-order valence-corrected chi connectivity index (χ4v) is 0. The Kier molecular flexibility index (Phi) is 17.5. The van der Waals surface area contributed by atoms with E-state index in [-0.39, 0.29) is 37.7 Å². The third-order valence-electron chi connectivity index (χ3n) is 0. The van der Waals surface area contributed by atoms with Gasteiger partial charge in [-0.3, -0.25) is 0 Å². The molecule has 0 aromatic heterocycles. The van der Waals surface area contributed by atoms with Crippen molar-refractivity contribution in [2.45, 2.75) is 0 Å². The molecule has 0 bridgehead atoms. The van der Waals surface area contributed by atoms with E-state index in [1.165, 1.54) is 0 Å². The quantitative estimate of drug-likeness (QED) is 0.308. The van der Waals surface area contributed by atoms with Crippen LogP contribution in [-0.2, 0) is 9.13 Å². The summed E-state index contributed by atoms with van der Waals surface area (Å²) in [7, 11) is -10.8. The first-order valence-electron chi connectivity index (χ1n) is 1.46. The molecule has 0 fully saturated rings. The first-order chi connectivity index (χ1) is 4.00. The minimum atomic E-state index is -5.39. The van der Waals surface area contributed by atoms with Crippen molar-refractivity contribution in [1.82, 2.24) is 0 Å². The standard InChI is InChI=1S/AsH6.Ga.2H3O4P/c;;2*1-5(2,3)4/h1H6;;2*(H3,1,2,3,4)/q2*+3;;/p-6. The van der Waals surface area contributed by atoms with E-state index in [1.807, 2.05) is 0 Å². The number of hydrogen-bond donors (Lipinski definition) is 0. The first-order valence-corrected chi connectivity index (χ1v) is 4.38. The average molecular weight is 341 g/mol. The summed E-state index contributed by atoms with van der Waals surface area (Å²) in [6.45, 7) is 0. The van der Waals surface area contributed by atoms with Gasteiger partial charge >= 0.3 is 37.7 Å². The largest absolute Gasteiger partial charge is 3.00 e. The summed E-state index contributed by atoms with van der Waals surface area (Å²) in [6.07, 6.45) is 0. The van der Waals surface area contributed by atoms with E-state index in [1.54, 1.807) is 0 Å². The molecule has 8 nitrogen and oxygen atoms in total. The van der Waals surface area contributed by atoms with Crippen LogP contribution in [0.1, 0.15) is 0 Å². The molecule has 0 saturated heterocycles. The summed E-state index contributed by atoms with van der Waals surface area (Å²) in [5.41, 5.74) is 0. The van der Waals surface area contributed by atoms with Crippen LogP contribution >= 0.6 is 15.6 Å². The Hall–Kier alpha value is 1.41. The Balaban J connectivity index is -0.0000000457. The Morgan fingerprint density at radius 2 is 0.667 bits per heavy atom. The second-order valence-electron chi connectivity index (χ2n) is 0.894. The summed E-state index contributed by atoms with van der Waals surface area (Å²) in [4.78, 5) is 51.3. The van der Waals surface area contributed by atoms with Crippen molar-refractivity contribution >= 4 is 53.4 Å². The van der Waals surface area contributed by atoms with Gasteiger partial charge in [0.2, 0.25) is 0 Å². The second-order valence-corrected chi connectivity index (χ2v) is 2.68. The van der Waals surface area contributed by atoms with Crippen LogP contribution in [0.4, 0.5) is 0 Å². The first kappa shape index (κ1) is 23.3. The van der Waals surface area contributed by atoms with Crippen molar-refractivity contribution in [2.24, 2.45) is 0 Å². The molecule has 12 heavy (non-hydrogen) atoms. The van der Waals surface area contributed by atoms with Crippen molar-refractivity contribution in [3.8, 4) is 0 Å². The van der Waals surface area contributed by atoms with Crippen molar-refractivity contribution in [1.29, 1.82) is 0 Å². The minimum Gasteiger partial charge on any atom is 3.00 e. The van der Waals surface area contributed by atoms with Gasteiger partial charge in [-0.1, -0.05) is 0 Å². The minimum absolute atomic E-state index is 0. The van der Waals surface area contributed by atoms with E-state index in [9.17, 15) is 0 Å². The summed E-state index contributed by atoms with van der Waals surface area (Å²) in [6, 6.07) is 0. The van der Waals surface area contributed by atoms with Gasteiger partial charge < -0.3 is 38.5 Å². The smallest absolute Gasteiger partial charge is 3.00 e. The van der Waals surface area contributed by atoms with E-state index in [2.05, 4.69) is 0 Å². The molecule has 0 N–H and O–H groups in total. The maximum absolute atomic E-state index is 8.55. The normalized spacial score (nSPS) is 9.83. The van der Waals surface area contributed by atoms with Crippen LogP contribution in [0.2, 0.25) is 0 Å². The predicted molar refractivity (Wildman–Crippen MR) is 35.1 cm³/mol. The molecule has 0 unspecified atom stereocenters. The third-order valence-corrected chi connectivity index (χ3v) is 0. The van der Waals surface area contributed by atoms with Crippen LogP contribution in [0.5, 0.6) is 0 Å². The molecule has 0 aliphatic rings. The molecular formula is H6AsGaO8P2. The molecule has 0 heterocycles. The monoisotopic (exact) mass is 340 g/mol. The van der Waals surface area contributed by atoms with Gasteiger partial charge in [-0.15, -0.1) is 0 Å². The molecule has 0 aromatic rings. The van der Waals surface area contributed by atoms with E-state index >= 15 is 0 Å². The number of hydrogen-bond acceptors (Lipinski definition) is 8. The average Bonchev–Trinajstić information content (AvgIpc) is 1.12. The van der Waals surface area contributed by atoms with Crippen molar-refractivity contribution in [3.63, 3.8) is 0 Å². The molecule has 0 saturated carbocycles. The molecule has 0 aliphatic heterocycles. The molecule has 0 spiro atoms. The topological polar surface area (TPSA) is 172 Å². The van der Waals surface area contributed by atoms with Gasteiger partial charge in [-0.25, -0.2) is 0 Å². The molecular weight excluding hydrogens is 335 g/mol. The summed E-state index contributed by atoms with van der Waals surface area (Å²) < 4.78 is 17.1. The van der Waals surface area contributed by atoms with Crippen LogP contribution in [0.25, 0.3) is 0 Å². The maximum atomic E-state index is 8.55. The van der Waals surface area contributed by atoms with Gasteiger partial charge in [0.1, 0.15) is 0 Å². The molecule has 0 atom stereocenters. The molecule has 0 radical (unpaired) electrons. The maximum Gasteiger partial charge on any atom is 3.00 e. The van der Waals surface area contributed by atoms with Crippen LogP contribution in [0.15, 0.2) is 0 Å². The Morgan fingerprint density at radius 3 is 0.667 bits per heavy atom. The van der Waals surface area contributed by atoms with Gasteiger partial charge in [0, 0.05) is 0 Å². The van der Waals surface area contributed by atoms with Crippen LogP contribution in [-0.4, -0.2) is 37.7 Å². The van der Waals surface area contributed by atoms with Crippen LogP contribution < -0.4 is 29.4 Å². The van der Waals surface area contributed by atoms with E-state index in [4.69, 9.17) is 38.5 Å². The fraction of sp³-hybridized carbons (Fsp3) is 0. The molecule has 0 aliphatic carbocycles. The number of rotatable bonds is 0. The third kappa shape index (κ3) is 619. The fourth-order valence-electron chi connectivity index (χ4n) is 0. The Labute approximate surface area is 91.9 Å². The van der Waals surface area contributed by atoms with Gasteiger partial charge in [0.15, 0.2) is 0 Å². The zero-order valence-corrected chi connectivity index (χ0v) is 8.95. The predicted octanol–water partition coefficient (Wildman–Crippen LogP) is -8.02. The Morgan fingerprint density at radius 1 is 0.667 bits per heavy atom. The van der Waals surface area contributed by atoms with Crippen molar-refractivity contribution in [2.75, 3.05) is 0 Å². The zero-order chi connectivity index (χ0) is 9.00. The van der Waals surface area contributed by atoms with Crippen LogP contribution in [0.3, 0.4) is 0 Å². The van der Waals surface area contributed by atoms with Crippen molar-refractivity contribution < 1.29 is 38.5 Å². The van der Waals surface area contributed by atoms with Gasteiger partial charge in [-0.2, -0.15) is 15.6 Å². The second kappa shape index (κ2) is 8.99. The molecule has 0 rings (SSSR count). The van der Waals surface area contributed by atoms with Gasteiger partial charge in [0.25, 0.3) is 0 Å². The summed E-state index contributed by atoms with van der Waals surface area (Å²) >= 11 is 0. The SMILES string of the molecule is O=P([O-])([O-])[O-].O=P([O-])([O-])[O-].[AsH6+3].[Ga+3]. The zero-order valence-electron chi connectivity index (χ0n) is 4.74. The molecule has 72 valence electrons. The van der Waals surface area contributed by atoms with Gasteiger partial charge in [-0.05, 0) is 0 Å². The summed E-state index contributed by atoms with van der Waals surface area (Å²) in [5.74, 6) is 0. The van der Waals surface area contributed by atoms with E-state index in [0.29, 0.717) is 0 Å². The summed E-state index contributed by atoms with van der Waals surface area (Å²) in [5, 5.41) is 0. The Bertz CT molecular complexity index is 129. The van der Waals surface area contributed by atoms with Crippen LogP contribution in [0, 0.1) is 0 Å². The van der Waals surface area contributed by atoms with E-state index in [0.717, 1.165) is 0 Å². The molecule has 0 aromatic carbocycles. The van der Waals surface area contributed by atoms with Gasteiger partial charge in [0.05, 0.1) is 0 Å². The molecule has 0 amide bonds.